The van der Waals surface area contributed by atoms with Crippen LogP contribution in [0.15, 0.2) is 121 Å². The monoisotopic (exact) mass is 448 g/mol. The van der Waals surface area contributed by atoms with Crippen molar-refractivity contribution in [2.45, 2.75) is 18.1 Å². The Balaban J connectivity index is 1.59. The van der Waals surface area contributed by atoms with Crippen molar-refractivity contribution >= 4 is 0 Å². The van der Waals surface area contributed by atoms with Crippen molar-refractivity contribution in [1.82, 2.24) is 9.80 Å². The van der Waals surface area contributed by atoms with Crippen LogP contribution in [-0.4, -0.2) is 47.2 Å². The van der Waals surface area contributed by atoms with Crippen LogP contribution in [0.1, 0.15) is 22.3 Å². The van der Waals surface area contributed by atoms with Gasteiger partial charge in [0.15, 0.2) is 0 Å². The lowest BCUT2D eigenvalue weighted by molar-refractivity contribution is 0.00239. The van der Waals surface area contributed by atoms with E-state index >= 15 is 0 Å². The minimum absolute atomic E-state index is 0.0597. The summed E-state index contributed by atoms with van der Waals surface area (Å²) in [6.45, 7) is 3.57. The summed E-state index contributed by atoms with van der Waals surface area (Å²) in [5, 5.41) is 10.5. The van der Waals surface area contributed by atoms with E-state index in [1.807, 2.05) is 0 Å². The Bertz CT molecular complexity index is 1050. The van der Waals surface area contributed by atoms with E-state index < -0.39 is 5.54 Å². The van der Waals surface area contributed by atoms with Gasteiger partial charge in [0.25, 0.3) is 0 Å². The van der Waals surface area contributed by atoms with Crippen LogP contribution in [0.4, 0.5) is 0 Å². The van der Waals surface area contributed by atoms with Crippen LogP contribution in [-0.2, 0) is 12.1 Å². The lowest BCUT2D eigenvalue weighted by Crippen LogP contribution is -2.61. The van der Waals surface area contributed by atoms with Crippen molar-refractivity contribution in [3.63, 3.8) is 0 Å². The Hall–Kier alpha value is -3.24. The normalized spacial score (nSPS) is 17.5. The summed E-state index contributed by atoms with van der Waals surface area (Å²) in [7, 11) is 0. The first-order valence-electron chi connectivity index (χ1n) is 12.1. The smallest absolute Gasteiger partial charge is 0.0973 e. The second kappa shape index (κ2) is 10.4. The molecular weight excluding hydrogens is 416 g/mol. The molecule has 1 N–H and O–H groups in total. The number of nitrogens with zero attached hydrogens (tertiary/aromatic N) is 2. The zero-order valence-electron chi connectivity index (χ0n) is 19.5. The van der Waals surface area contributed by atoms with E-state index in [4.69, 9.17) is 0 Å². The topological polar surface area (TPSA) is 26.7 Å². The largest absolute Gasteiger partial charge is 0.395 e. The minimum atomic E-state index is -0.434. The van der Waals surface area contributed by atoms with Gasteiger partial charge >= 0.3 is 0 Å². The van der Waals surface area contributed by atoms with Crippen LogP contribution in [0.3, 0.4) is 0 Å². The van der Waals surface area contributed by atoms with Crippen molar-refractivity contribution in [3.8, 4) is 0 Å². The molecule has 1 unspecified atom stereocenters. The minimum Gasteiger partial charge on any atom is -0.395 e. The molecule has 1 atom stereocenters. The highest BCUT2D eigenvalue weighted by Crippen LogP contribution is 2.43. The molecule has 0 saturated carbocycles. The van der Waals surface area contributed by atoms with Gasteiger partial charge in [-0.25, -0.2) is 0 Å². The van der Waals surface area contributed by atoms with Gasteiger partial charge in [0, 0.05) is 32.2 Å². The van der Waals surface area contributed by atoms with Crippen LogP contribution >= 0.6 is 0 Å². The van der Waals surface area contributed by atoms with Crippen molar-refractivity contribution < 1.29 is 5.11 Å². The molecule has 3 nitrogen and oxygen atoms in total. The van der Waals surface area contributed by atoms with E-state index in [0.717, 1.165) is 26.2 Å². The van der Waals surface area contributed by atoms with Crippen molar-refractivity contribution in [2.75, 3.05) is 26.2 Å². The first kappa shape index (κ1) is 22.5. The summed E-state index contributed by atoms with van der Waals surface area (Å²) in [5.41, 5.74) is 4.60. The molecule has 0 radical (unpaired) electrons. The predicted molar refractivity (Wildman–Crippen MR) is 139 cm³/mol. The molecule has 0 aromatic heterocycles. The number of aliphatic hydroxyl groups excluding tert-OH is 1. The van der Waals surface area contributed by atoms with Crippen molar-refractivity contribution in [2.24, 2.45) is 0 Å². The fourth-order valence-corrected chi connectivity index (χ4v) is 5.48. The van der Waals surface area contributed by atoms with Gasteiger partial charge in [-0.05, 0) is 22.3 Å². The van der Waals surface area contributed by atoms with Gasteiger partial charge < -0.3 is 5.11 Å². The van der Waals surface area contributed by atoms with E-state index in [2.05, 4.69) is 131 Å². The fourth-order valence-electron chi connectivity index (χ4n) is 5.48. The summed E-state index contributed by atoms with van der Waals surface area (Å²) in [6, 6.07) is 43.1. The zero-order valence-corrected chi connectivity index (χ0v) is 19.5. The molecule has 0 aliphatic carbocycles. The lowest BCUT2D eigenvalue weighted by Gasteiger charge is -2.51. The summed E-state index contributed by atoms with van der Waals surface area (Å²) in [5.74, 6) is 0. The van der Waals surface area contributed by atoms with Gasteiger partial charge in [-0.2, -0.15) is 0 Å². The molecule has 1 saturated heterocycles. The first-order valence-corrected chi connectivity index (χ1v) is 12.1. The lowest BCUT2D eigenvalue weighted by atomic mass is 9.75. The third kappa shape index (κ3) is 4.30. The maximum Gasteiger partial charge on any atom is 0.0973 e. The quantitative estimate of drug-likeness (QED) is 0.396. The van der Waals surface area contributed by atoms with Crippen LogP contribution in [0.25, 0.3) is 0 Å². The van der Waals surface area contributed by atoms with Crippen molar-refractivity contribution in [1.29, 1.82) is 0 Å². The van der Waals surface area contributed by atoms with E-state index in [0.29, 0.717) is 0 Å². The first-order chi connectivity index (χ1) is 16.8. The van der Waals surface area contributed by atoms with E-state index in [9.17, 15) is 5.11 Å². The van der Waals surface area contributed by atoms with Gasteiger partial charge in [0.05, 0.1) is 12.1 Å². The van der Waals surface area contributed by atoms with E-state index in [1.54, 1.807) is 0 Å². The third-order valence-corrected chi connectivity index (χ3v) is 7.09. The molecule has 4 aromatic carbocycles. The van der Waals surface area contributed by atoms with Crippen LogP contribution < -0.4 is 0 Å². The fraction of sp³-hybridized carbons (Fsp3) is 0.226. The number of rotatable bonds is 7. The highest BCUT2D eigenvalue weighted by atomic mass is 16.3. The average molecular weight is 449 g/mol. The number of aliphatic hydroxyl groups is 1. The Kier molecular flexibility index (Phi) is 6.87. The second-order valence-electron chi connectivity index (χ2n) is 9.05. The summed E-state index contributed by atoms with van der Waals surface area (Å²) in [4.78, 5) is 5.01. The Morgan fingerprint density at radius 3 is 1.50 bits per heavy atom. The molecule has 0 amide bonds. The zero-order chi connectivity index (χ0) is 23.2. The predicted octanol–water partition coefficient (Wildman–Crippen LogP) is 5.16. The molecule has 34 heavy (non-hydrogen) atoms. The Labute approximate surface area is 202 Å². The molecule has 1 aliphatic rings. The third-order valence-electron chi connectivity index (χ3n) is 7.09. The van der Waals surface area contributed by atoms with Crippen molar-refractivity contribution in [3.05, 3.63) is 144 Å². The summed E-state index contributed by atoms with van der Waals surface area (Å²) >= 11 is 0. The van der Waals surface area contributed by atoms with Gasteiger partial charge in [0.2, 0.25) is 0 Å². The van der Waals surface area contributed by atoms with E-state index in [-0.39, 0.29) is 12.6 Å². The molecule has 0 spiro atoms. The molecule has 0 bridgehead atoms. The summed E-state index contributed by atoms with van der Waals surface area (Å²) < 4.78 is 0. The van der Waals surface area contributed by atoms with Crippen LogP contribution in [0, 0.1) is 0 Å². The Morgan fingerprint density at radius 2 is 1.06 bits per heavy atom. The average Bonchev–Trinajstić information content (AvgIpc) is 2.92. The molecule has 4 aromatic rings. The molecule has 1 fully saturated rings. The Morgan fingerprint density at radius 1 is 0.618 bits per heavy atom. The molecule has 1 aliphatic heterocycles. The molecule has 1 heterocycles. The highest BCUT2D eigenvalue weighted by Gasteiger charge is 2.44. The molecule has 3 heteroatoms. The number of hydrogen-bond donors (Lipinski definition) is 1. The van der Waals surface area contributed by atoms with Gasteiger partial charge in [-0.15, -0.1) is 0 Å². The maximum absolute atomic E-state index is 10.5. The summed E-state index contributed by atoms with van der Waals surface area (Å²) in [6.07, 6.45) is 0. The number of hydrogen-bond acceptors (Lipinski definition) is 3. The van der Waals surface area contributed by atoms with Gasteiger partial charge in [-0.1, -0.05) is 121 Å². The van der Waals surface area contributed by atoms with Crippen LogP contribution in [0.5, 0.6) is 0 Å². The molecule has 172 valence electrons. The standard InChI is InChI=1S/C31H32N2O/c34-25-30-24-33(22-21-32(30)23-26-13-5-1-6-14-26)31(27-15-7-2-8-16-27,28-17-9-3-10-18-28)29-19-11-4-12-20-29/h1-20,30,34H,21-25H2. The second-order valence-corrected chi connectivity index (χ2v) is 9.05. The number of piperazine rings is 1. The van der Waals surface area contributed by atoms with Crippen LogP contribution in [0.2, 0.25) is 0 Å². The molecule has 5 rings (SSSR count). The van der Waals surface area contributed by atoms with Gasteiger partial charge in [-0.3, -0.25) is 9.80 Å². The molecular formula is C31H32N2O. The van der Waals surface area contributed by atoms with E-state index in [1.165, 1.54) is 22.3 Å². The maximum atomic E-state index is 10.5. The SMILES string of the molecule is OCC1CN(C(c2ccccc2)(c2ccccc2)c2ccccc2)CCN1Cc1ccccc1. The number of benzene rings is 4. The highest BCUT2D eigenvalue weighted by molar-refractivity contribution is 5.49. The van der Waals surface area contributed by atoms with Gasteiger partial charge in [0.1, 0.15) is 0 Å².